The van der Waals surface area contributed by atoms with Crippen LogP contribution in [-0.4, -0.2) is 62.4 Å². The van der Waals surface area contributed by atoms with Crippen LogP contribution >= 0.6 is 11.3 Å². The largest absolute Gasteiger partial charge is 0.389 e. The van der Waals surface area contributed by atoms with Crippen molar-refractivity contribution in [2.24, 2.45) is 0 Å². The van der Waals surface area contributed by atoms with Crippen molar-refractivity contribution < 1.29 is 22.4 Å². The Bertz CT molecular complexity index is 2260. The molecule has 0 saturated carbocycles. The Labute approximate surface area is 275 Å². The Morgan fingerprint density at radius 2 is 1.92 bits per heavy atom. The predicted octanol–water partition coefficient (Wildman–Crippen LogP) is 5.69. The van der Waals surface area contributed by atoms with Crippen LogP contribution in [-0.2, 0) is 4.79 Å². The van der Waals surface area contributed by atoms with Crippen LogP contribution in [0.15, 0.2) is 47.9 Å². The maximum Gasteiger partial charge on any atom is 0.355 e. The van der Waals surface area contributed by atoms with E-state index in [1.807, 2.05) is 19.9 Å². The van der Waals surface area contributed by atoms with Crippen molar-refractivity contribution in [3.8, 4) is 23.0 Å². The van der Waals surface area contributed by atoms with E-state index in [2.05, 4.69) is 21.5 Å². The quantitative estimate of drug-likeness (QED) is 0.185. The fraction of sp³-hybridized carbons (Fsp3) is 0.273. The zero-order valence-electron chi connectivity index (χ0n) is 26.0. The molecule has 0 radical (unpaired) electrons. The van der Waals surface area contributed by atoms with Crippen LogP contribution in [0.3, 0.4) is 0 Å². The number of pyridine rings is 2. The van der Waals surface area contributed by atoms with Gasteiger partial charge in [-0.1, -0.05) is 20.4 Å². The predicted molar refractivity (Wildman–Crippen MR) is 176 cm³/mol. The molecule has 1 amide bonds. The molecule has 0 unspecified atom stereocenters. The van der Waals surface area contributed by atoms with Crippen molar-refractivity contribution in [1.82, 2.24) is 24.4 Å². The molecule has 246 valence electrons. The van der Waals surface area contributed by atoms with Gasteiger partial charge in [0.05, 0.1) is 40.1 Å². The fourth-order valence-electron chi connectivity index (χ4n) is 6.03. The highest BCUT2D eigenvalue weighted by Crippen LogP contribution is 2.42. The van der Waals surface area contributed by atoms with Crippen LogP contribution < -0.4 is 16.3 Å². The number of carbonyl (C=O) groups is 1. The van der Waals surface area contributed by atoms with Gasteiger partial charge in [0.15, 0.2) is 5.65 Å². The number of aromatic nitrogens is 4. The number of alkyl halides is 2. The topological polar surface area (TPSA) is 134 Å². The average Bonchev–Trinajstić information content (AvgIpc) is 3.29. The molecule has 0 spiro atoms. The van der Waals surface area contributed by atoms with Crippen LogP contribution in [0.1, 0.15) is 36.6 Å². The van der Waals surface area contributed by atoms with E-state index in [4.69, 9.17) is 5.73 Å². The molecule has 5 heterocycles. The van der Waals surface area contributed by atoms with Crippen molar-refractivity contribution >= 4 is 49.2 Å². The molecule has 0 bridgehead atoms. The maximum absolute atomic E-state index is 16.4. The van der Waals surface area contributed by atoms with Gasteiger partial charge in [-0.15, -0.1) is 11.3 Å². The summed E-state index contributed by atoms with van der Waals surface area (Å²) in [6.45, 7) is 6.74. The number of nitrogens with zero attached hydrogens (tertiary/aromatic N) is 7. The Balaban J connectivity index is 1.70. The van der Waals surface area contributed by atoms with Gasteiger partial charge in [-0.3, -0.25) is 9.78 Å². The number of halogens is 4. The fourth-order valence-corrected chi connectivity index (χ4v) is 6.97. The average molecular weight is 677 g/mol. The van der Waals surface area contributed by atoms with E-state index in [9.17, 15) is 19.2 Å². The summed E-state index contributed by atoms with van der Waals surface area (Å²) in [5.74, 6) is -6.19. The summed E-state index contributed by atoms with van der Waals surface area (Å²) in [5.41, 5.74) is 6.09. The third-order valence-electron chi connectivity index (χ3n) is 8.18. The number of nitriles is 1. The lowest BCUT2D eigenvalue weighted by molar-refractivity contribution is -0.130. The van der Waals surface area contributed by atoms with E-state index >= 15 is 13.2 Å². The Morgan fingerprint density at radius 3 is 2.60 bits per heavy atom. The number of thiophene rings is 1. The van der Waals surface area contributed by atoms with Crippen LogP contribution in [0.5, 0.6) is 0 Å². The lowest BCUT2D eigenvalue weighted by Gasteiger charge is -2.26. The maximum atomic E-state index is 16.4. The smallest absolute Gasteiger partial charge is 0.355 e. The molecule has 1 saturated heterocycles. The first kappa shape index (κ1) is 32.6. The zero-order chi connectivity index (χ0) is 34.7. The van der Waals surface area contributed by atoms with Gasteiger partial charge in [-0.05, 0) is 48.7 Å². The van der Waals surface area contributed by atoms with Crippen LogP contribution in [0.4, 0.5) is 28.4 Å². The number of hydrogen-bond donors (Lipinski definition) is 1. The third kappa shape index (κ3) is 5.41. The summed E-state index contributed by atoms with van der Waals surface area (Å²) >= 11 is 0.829. The van der Waals surface area contributed by atoms with Gasteiger partial charge in [-0.25, -0.2) is 31.9 Å². The van der Waals surface area contributed by atoms with Gasteiger partial charge in [-0.2, -0.15) is 10.2 Å². The number of anilines is 2. The molecular weight excluding hydrogens is 648 g/mol. The van der Waals surface area contributed by atoms with Crippen molar-refractivity contribution in [2.45, 2.75) is 32.6 Å². The number of rotatable bonds is 5. The first-order chi connectivity index (χ1) is 22.8. The second-order valence-electron chi connectivity index (χ2n) is 11.8. The summed E-state index contributed by atoms with van der Waals surface area (Å²) in [7, 11) is 0. The highest BCUT2D eigenvalue weighted by molar-refractivity contribution is 7.23. The van der Waals surface area contributed by atoms with E-state index in [1.165, 1.54) is 6.07 Å². The Kier molecular flexibility index (Phi) is 8.16. The molecule has 10 nitrogen and oxygen atoms in total. The molecular formula is C33H28F4N8O2S. The molecule has 2 N–H and O–H groups in total. The van der Waals surface area contributed by atoms with Crippen molar-refractivity contribution in [3.05, 3.63) is 82.1 Å². The van der Waals surface area contributed by atoms with Gasteiger partial charge < -0.3 is 15.5 Å². The number of benzene rings is 1. The van der Waals surface area contributed by atoms with Gasteiger partial charge in [0, 0.05) is 30.2 Å². The van der Waals surface area contributed by atoms with Crippen molar-refractivity contribution in [2.75, 3.05) is 36.8 Å². The standard InChI is InChI=1S/C33H28F4N8O2S/c1-5-23(46)43-10-11-44(15-33(36,37)14-43)30-19-12-22(35)26(18-6-7-21(34)28-24(18)20(13-38)29(39)48-28)41-31(19)45(32(47)42-30)27-17(4)8-9-40-25(27)16(2)3/h5-9,12,16H,1,10-11,14-15,39H2,2-4H3. The number of carbonyl (C=O) groups excluding carboxylic acids is 1. The molecule has 6 rings (SSSR count). The highest BCUT2D eigenvalue weighted by Gasteiger charge is 2.39. The first-order valence-electron chi connectivity index (χ1n) is 14.8. The summed E-state index contributed by atoms with van der Waals surface area (Å²) in [6, 6.07) is 7.02. The van der Waals surface area contributed by atoms with Gasteiger partial charge in [0.2, 0.25) is 5.91 Å². The monoisotopic (exact) mass is 676 g/mol. The van der Waals surface area contributed by atoms with Gasteiger partial charge in [0.25, 0.3) is 5.92 Å². The van der Waals surface area contributed by atoms with Gasteiger partial charge in [0.1, 0.15) is 34.2 Å². The Hall–Kier alpha value is -5.36. The molecule has 1 fully saturated rings. The molecule has 5 aromatic rings. The number of hydrogen-bond acceptors (Lipinski definition) is 9. The van der Waals surface area contributed by atoms with Crippen LogP contribution in [0.25, 0.3) is 38.1 Å². The number of nitrogen functional groups attached to an aromatic ring is 1. The Morgan fingerprint density at radius 1 is 1.17 bits per heavy atom. The normalized spacial score (nSPS) is 14.8. The van der Waals surface area contributed by atoms with Gasteiger partial charge >= 0.3 is 5.69 Å². The molecule has 1 aliphatic rings. The lowest BCUT2D eigenvalue weighted by Crippen LogP contribution is -2.41. The zero-order valence-corrected chi connectivity index (χ0v) is 26.8. The molecule has 0 atom stereocenters. The number of amides is 1. The molecule has 1 aliphatic heterocycles. The summed E-state index contributed by atoms with van der Waals surface area (Å²) in [5, 5.41) is 9.86. The second-order valence-corrected chi connectivity index (χ2v) is 12.8. The minimum absolute atomic E-state index is 0.0197. The molecule has 15 heteroatoms. The third-order valence-corrected chi connectivity index (χ3v) is 9.21. The molecule has 0 aliphatic carbocycles. The van der Waals surface area contributed by atoms with E-state index < -0.39 is 42.2 Å². The van der Waals surface area contributed by atoms with E-state index in [-0.39, 0.29) is 67.8 Å². The summed E-state index contributed by atoms with van der Waals surface area (Å²) < 4.78 is 63.0. The van der Waals surface area contributed by atoms with Crippen molar-refractivity contribution in [1.29, 1.82) is 5.26 Å². The number of aryl methyl sites for hydroxylation is 1. The SMILES string of the molecule is C=CC(=O)N1CCN(c2nc(=O)n(-c3c(C)ccnc3C(C)C)c3nc(-c4ccc(F)c5sc(N)c(C#N)c45)c(F)cc23)CC(F)(F)C1. The molecule has 48 heavy (non-hydrogen) atoms. The van der Waals surface area contributed by atoms with E-state index in [0.717, 1.165) is 43.9 Å². The number of fused-ring (bicyclic) bond motifs is 2. The van der Waals surface area contributed by atoms with Crippen LogP contribution in [0, 0.1) is 29.9 Å². The number of nitrogens with two attached hydrogens (primary N) is 1. The van der Waals surface area contributed by atoms with E-state index in [1.54, 1.807) is 19.2 Å². The summed E-state index contributed by atoms with van der Waals surface area (Å²) in [4.78, 5) is 41.7. The van der Waals surface area contributed by atoms with Crippen molar-refractivity contribution in [3.63, 3.8) is 0 Å². The first-order valence-corrected chi connectivity index (χ1v) is 15.6. The van der Waals surface area contributed by atoms with E-state index in [0.29, 0.717) is 16.9 Å². The minimum Gasteiger partial charge on any atom is -0.389 e. The lowest BCUT2D eigenvalue weighted by atomic mass is 10.0. The highest BCUT2D eigenvalue weighted by atomic mass is 32.1. The van der Waals surface area contributed by atoms with Crippen LogP contribution in [0.2, 0.25) is 0 Å². The summed E-state index contributed by atoms with van der Waals surface area (Å²) in [6.07, 6.45) is 2.52. The molecule has 4 aromatic heterocycles. The molecule has 1 aromatic carbocycles. The second kappa shape index (κ2) is 12.0. The minimum atomic E-state index is -3.43.